The maximum Gasteiger partial charge on any atom is 0.308 e. The van der Waals surface area contributed by atoms with Crippen molar-refractivity contribution in [1.82, 2.24) is 14.7 Å². The van der Waals surface area contributed by atoms with Gasteiger partial charge in [0.15, 0.2) is 0 Å². The van der Waals surface area contributed by atoms with E-state index >= 15 is 0 Å². The number of carbonyl (C=O) groups excluding carboxylic acids is 1. The van der Waals surface area contributed by atoms with E-state index in [-0.39, 0.29) is 18.4 Å². The van der Waals surface area contributed by atoms with E-state index in [1.165, 1.54) is 0 Å². The van der Waals surface area contributed by atoms with Crippen molar-refractivity contribution in [2.24, 2.45) is 11.8 Å². The third-order valence-electron chi connectivity index (χ3n) is 4.99. The van der Waals surface area contributed by atoms with Gasteiger partial charge in [-0.1, -0.05) is 32.0 Å². The number of amides is 1. The Morgan fingerprint density at radius 2 is 2.00 bits per heavy atom. The van der Waals surface area contributed by atoms with Crippen molar-refractivity contribution in [3.63, 3.8) is 0 Å². The molecule has 1 aliphatic heterocycles. The van der Waals surface area contributed by atoms with Gasteiger partial charge < -0.3 is 10.0 Å². The first-order chi connectivity index (χ1) is 11.9. The molecule has 2 heterocycles. The third-order valence-corrected chi connectivity index (χ3v) is 4.99. The number of aryl methyl sites for hydroxylation is 1. The molecule has 1 saturated heterocycles. The van der Waals surface area contributed by atoms with Gasteiger partial charge in [-0.2, -0.15) is 5.10 Å². The van der Waals surface area contributed by atoms with E-state index in [2.05, 4.69) is 5.10 Å². The predicted octanol–water partition coefficient (Wildman–Crippen LogP) is 2.54. The van der Waals surface area contributed by atoms with Crippen LogP contribution in [-0.2, 0) is 11.2 Å². The van der Waals surface area contributed by atoms with Gasteiger partial charge in [0.2, 0.25) is 0 Å². The largest absolute Gasteiger partial charge is 0.481 e. The number of aliphatic carboxylic acids is 1. The molecule has 3 rings (SSSR count). The summed E-state index contributed by atoms with van der Waals surface area (Å²) < 4.78 is 1.82. The fraction of sp³-hybridized carbons (Fsp3) is 0.421. The number of hydrogen-bond acceptors (Lipinski definition) is 3. The standard InChI is InChI=1S/C19H23N3O3/c1-4-16-14(9-20-22(16)17-8-6-5-7-12(17)2)18(23)21-10-13(3)15(11-21)19(24)25/h5-9,13,15H,4,10-11H2,1-3H3,(H,24,25)/t13-,15-/m1/s1. The van der Waals surface area contributed by atoms with Crippen molar-refractivity contribution in [2.45, 2.75) is 27.2 Å². The number of benzene rings is 1. The maximum absolute atomic E-state index is 12.9. The molecular weight excluding hydrogens is 318 g/mol. The third kappa shape index (κ3) is 3.04. The highest BCUT2D eigenvalue weighted by molar-refractivity contribution is 5.96. The van der Waals surface area contributed by atoms with Crippen LogP contribution in [0.4, 0.5) is 0 Å². The summed E-state index contributed by atoms with van der Waals surface area (Å²) in [6.07, 6.45) is 2.27. The van der Waals surface area contributed by atoms with Crippen LogP contribution >= 0.6 is 0 Å². The van der Waals surface area contributed by atoms with Crippen LogP contribution in [0.2, 0.25) is 0 Å². The van der Waals surface area contributed by atoms with Crippen molar-refractivity contribution in [3.8, 4) is 5.69 Å². The van der Waals surface area contributed by atoms with Crippen LogP contribution in [0.1, 0.15) is 35.5 Å². The lowest BCUT2D eigenvalue weighted by Crippen LogP contribution is -2.30. The topological polar surface area (TPSA) is 75.4 Å². The van der Waals surface area contributed by atoms with Gasteiger partial charge in [0, 0.05) is 13.1 Å². The molecule has 0 radical (unpaired) electrons. The molecule has 1 aliphatic rings. The molecule has 132 valence electrons. The average Bonchev–Trinajstić information content (AvgIpc) is 3.18. The maximum atomic E-state index is 12.9. The van der Waals surface area contributed by atoms with Crippen LogP contribution < -0.4 is 0 Å². The highest BCUT2D eigenvalue weighted by atomic mass is 16.4. The Bertz CT molecular complexity index is 812. The SMILES string of the molecule is CCc1c(C(=O)N2C[C@@H](C)[C@H](C(=O)O)C2)cnn1-c1ccccc1C. The zero-order valence-electron chi connectivity index (χ0n) is 14.8. The highest BCUT2D eigenvalue weighted by Crippen LogP contribution is 2.26. The molecule has 1 fully saturated rings. The summed E-state index contributed by atoms with van der Waals surface area (Å²) in [7, 11) is 0. The number of carboxylic acid groups (broad SMARTS) is 1. The van der Waals surface area contributed by atoms with Gasteiger partial charge in [-0.15, -0.1) is 0 Å². The van der Waals surface area contributed by atoms with Crippen molar-refractivity contribution in [2.75, 3.05) is 13.1 Å². The monoisotopic (exact) mass is 341 g/mol. The Morgan fingerprint density at radius 3 is 2.60 bits per heavy atom. The Balaban J connectivity index is 1.93. The molecule has 6 nitrogen and oxygen atoms in total. The number of aromatic nitrogens is 2. The molecule has 0 bridgehead atoms. The lowest BCUT2D eigenvalue weighted by Gasteiger charge is -2.16. The fourth-order valence-corrected chi connectivity index (χ4v) is 3.53. The first-order valence-electron chi connectivity index (χ1n) is 8.59. The van der Waals surface area contributed by atoms with Crippen molar-refractivity contribution >= 4 is 11.9 Å². The van der Waals surface area contributed by atoms with E-state index in [0.717, 1.165) is 16.9 Å². The second-order valence-electron chi connectivity index (χ2n) is 6.69. The Morgan fingerprint density at radius 1 is 1.28 bits per heavy atom. The zero-order valence-corrected chi connectivity index (χ0v) is 14.8. The lowest BCUT2D eigenvalue weighted by molar-refractivity contribution is -0.142. The van der Waals surface area contributed by atoms with Crippen molar-refractivity contribution in [1.29, 1.82) is 0 Å². The van der Waals surface area contributed by atoms with E-state index in [0.29, 0.717) is 18.5 Å². The van der Waals surface area contributed by atoms with Gasteiger partial charge in [0.1, 0.15) is 0 Å². The summed E-state index contributed by atoms with van der Waals surface area (Å²) in [5.41, 5.74) is 3.45. The quantitative estimate of drug-likeness (QED) is 0.927. The molecule has 2 aromatic rings. The van der Waals surface area contributed by atoms with Crippen LogP contribution in [0.5, 0.6) is 0 Å². The molecular formula is C19H23N3O3. The number of rotatable bonds is 4. The molecule has 1 aromatic carbocycles. The number of carbonyl (C=O) groups is 2. The van der Waals surface area contributed by atoms with Gasteiger partial charge in [-0.25, -0.2) is 4.68 Å². The van der Waals surface area contributed by atoms with Gasteiger partial charge in [-0.3, -0.25) is 9.59 Å². The predicted molar refractivity (Wildman–Crippen MR) is 93.9 cm³/mol. The minimum Gasteiger partial charge on any atom is -0.481 e. The number of nitrogens with zero attached hydrogens (tertiary/aromatic N) is 3. The molecule has 1 aromatic heterocycles. The van der Waals surface area contributed by atoms with Crippen LogP contribution in [0.25, 0.3) is 5.69 Å². The average molecular weight is 341 g/mol. The van der Waals surface area contributed by atoms with Crippen LogP contribution in [0, 0.1) is 18.8 Å². The minimum atomic E-state index is -0.839. The van der Waals surface area contributed by atoms with Gasteiger partial charge in [0.25, 0.3) is 5.91 Å². The summed E-state index contributed by atoms with van der Waals surface area (Å²) in [5.74, 6) is -1.51. The van der Waals surface area contributed by atoms with Crippen LogP contribution in [-0.4, -0.2) is 44.8 Å². The number of carboxylic acids is 1. The molecule has 1 N–H and O–H groups in total. The minimum absolute atomic E-state index is 0.0436. The molecule has 0 saturated carbocycles. The van der Waals surface area contributed by atoms with E-state index in [1.807, 2.05) is 49.7 Å². The Labute approximate surface area is 147 Å². The Kier molecular flexibility index (Phi) is 4.61. The first kappa shape index (κ1) is 17.2. The summed E-state index contributed by atoms with van der Waals surface area (Å²) in [6, 6.07) is 7.91. The lowest BCUT2D eigenvalue weighted by atomic mass is 9.99. The van der Waals surface area contributed by atoms with Gasteiger partial charge >= 0.3 is 5.97 Å². The second kappa shape index (κ2) is 6.70. The normalized spacial score (nSPS) is 20.0. The smallest absolute Gasteiger partial charge is 0.308 e. The van der Waals surface area contributed by atoms with Crippen molar-refractivity contribution in [3.05, 3.63) is 47.3 Å². The Hall–Kier alpha value is -2.63. The summed E-state index contributed by atoms with van der Waals surface area (Å²) in [4.78, 5) is 25.9. The van der Waals surface area contributed by atoms with Crippen LogP contribution in [0.3, 0.4) is 0 Å². The molecule has 2 atom stereocenters. The zero-order chi connectivity index (χ0) is 18.1. The van der Waals surface area contributed by atoms with Crippen LogP contribution in [0.15, 0.2) is 30.5 Å². The molecule has 0 aliphatic carbocycles. The van der Waals surface area contributed by atoms with E-state index in [1.54, 1.807) is 11.1 Å². The molecule has 0 spiro atoms. The number of hydrogen-bond donors (Lipinski definition) is 1. The first-order valence-corrected chi connectivity index (χ1v) is 8.59. The molecule has 6 heteroatoms. The molecule has 1 amide bonds. The summed E-state index contributed by atoms with van der Waals surface area (Å²) >= 11 is 0. The van der Waals surface area contributed by atoms with E-state index < -0.39 is 11.9 Å². The fourth-order valence-electron chi connectivity index (χ4n) is 3.53. The number of likely N-dealkylation sites (tertiary alicyclic amines) is 1. The van der Waals surface area contributed by atoms with E-state index in [4.69, 9.17) is 0 Å². The summed E-state index contributed by atoms with van der Waals surface area (Å²) in [5, 5.41) is 13.7. The van der Waals surface area contributed by atoms with Gasteiger partial charge in [0.05, 0.1) is 29.1 Å². The molecule has 25 heavy (non-hydrogen) atoms. The van der Waals surface area contributed by atoms with Crippen molar-refractivity contribution < 1.29 is 14.7 Å². The van der Waals surface area contributed by atoms with E-state index in [9.17, 15) is 14.7 Å². The second-order valence-corrected chi connectivity index (χ2v) is 6.69. The number of para-hydroxylation sites is 1. The highest BCUT2D eigenvalue weighted by Gasteiger charge is 2.38. The molecule has 0 unspecified atom stereocenters. The summed E-state index contributed by atoms with van der Waals surface area (Å²) in [6.45, 7) is 6.61. The van der Waals surface area contributed by atoms with Gasteiger partial charge in [-0.05, 0) is 30.9 Å².